The zero-order chi connectivity index (χ0) is 21.9. The average molecular weight is 417 g/mol. The second-order valence-electron chi connectivity index (χ2n) is 13.0. The molecule has 0 aliphatic heterocycles. The Bertz CT molecular complexity index is 675. The van der Waals surface area contributed by atoms with Crippen molar-refractivity contribution in [1.29, 1.82) is 0 Å². The predicted octanol–water partition coefficient (Wildman–Crippen LogP) is 6.89. The van der Waals surface area contributed by atoms with Crippen LogP contribution in [-0.2, 0) is 0 Å². The van der Waals surface area contributed by atoms with Gasteiger partial charge < -0.3 is 10.2 Å². The second kappa shape index (κ2) is 7.62. The van der Waals surface area contributed by atoms with Gasteiger partial charge in [-0.15, -0.1) is 0 Å². The third kappa shape index (κ3) is 3.72. The molecular formula is C28H48O2. The van der Waals surface area contributed by atoms with Gasteiger partial charge in [0.25, 0.3) is 0 Å². The Hall–Kier alpha value is -0.340. The first kappa shape index (κ1) is 22.8. The standard InChI is InChI=1S/C28H48O2/c1-7-28(30)16-15-27(6)21(18-28)17-19(2)24-22-11-10-20(9-8-13-25(3,4)29)26(22,5)14-12-23(24)27/h17,19-20,22-24,29-30H,7-16,18H2,1-6H3/t19?,20?,22?,23?,24?,26?,27?,28-/m0/s1. The van der Waals surface area contributed by atoms with E-state index in [0.29, 0.717) is 16.7 Å². The van der Waals surface area contributed by atoms with Gasteiger partial charge in [-0.05, 0) is 118 Å². The summed E-state index contributed by atoms with van der Waals surface area (Å²) in [4.78, 5) is 0. The highest BCUT2D eigenvalue weighted by Gasteiger charge is 2.60. The molecule has 8 atom stereocenters. The van der Waals surface area contributed by atoms with Crippen LogP contribution in [0.25, 0.3) is 0 Å². The minimum Gasteiger partial charge on any atom is -0.390 e. The fourth-order valence-corrected chi connectivity index (χ4v) is 8.74. The van der Waals surface area contributed by atoms with Crippen molar-refractivity contribution in [2.75, 3.05) is 0 Å². The van der Waals surface area contributed by atoms with Crippen LogP contribution in [0, 0.1) is 40.4 Å². The van der Waals surface area contributed by atoms with Gasteiger partial charge in [0.2, 0.25) is 0 Å². The van der Waals surface area contributed by atoms with Crippen LogP contribution in [0.3, 0.4) is 0 Å². The van der Waals surface area contributed by atoms with Crippen molar-refractivity contribution in [2.24, 2.45) is 40.4 Å². The van der Waals surface area contributed by atoms with Crippen molar-refractivity contribution >= 4 is 0 Å². The summed E-state index contributed by atoms with van der Waals surface area (Å²) in [5.74, 6) is 3.98. The van der Waals surface area contributed by atoms with Gasteiger partial charge in [-0.25, -0.2) is 0 Å². The minimum atomic E-state index is -0.522. The molecule has 30 heavy (non-hydrogen) atoms. The summed E-state index contributed by atoms with van der Waals surface area (Å²) < 4.78 is 0. The average Bonchev–Trinajstić information content (AvgIpc) is 2.99. The third-order valence-electron chi connectivity index (χ3n) is 10.8. The van der Waals surface area contributed by atoms with E-state index in [0.717, 1.165) is 55.8 Å². The first-order valence-electron chi connectivity index (χ1n) is 13.1. The van der Waals surface area contributed by atoms with E-state index < -0.39 is 11.2 Å². The van der Waals surface area contributed by atoms with Gasteiger partial charge in [-0.3, -0.25) is 0 Å². The lowest BCUT2D eigenvalue weighted by molar-refractivity contribution is -0.0845. The highest BCUT2D eigenvalue weighted by Crippen LogP contribution is 2.68. The molecule has 2 N–H and O–H groups in total. The van der Waals surface area contributed by atoms with Gasteiger partial charge in [0.15, 0.2) is 0 Å². The lowest BCUT2D eigenvalue weighted by atomic mass is 9.44. The molecule has 7 unspecified atom stereocenters. The van der Waals surface area contributed by atoms with Crippen molar-refractivity contribution in [3.8, 4) is 0 Å². The smallest absolute Gasteiger partial charge is 0.0682 e. The SMILES string of the molecule is CC[C@]1(O)CCC2(C)C(=CC(C)C3C2CCC2(C)C(CCCC(C)(C)O)CCC32)C1. The van der Waals surface area contributed by atoms with Crippen LogP contribution >= 0.6 is 0 Å². The molecule has 0 aromatic carbocycles. The predicted molar refractivity (Wildman–Crippen MR) is 125 cm³/mol. The fourth-order valence-electron chi connectivity index (χ4n) is 8.74. The van der Waals surface area contributed by atoms with Crippen LogP contribution in [0.2, 0.25) is 0 Å². The zero-order valence-electron chi connectivity index (χ0n) is 20.6. The molecule has 0 heterocycles. The second-order valence-corrected chi connectivity index (χ2v) is 13.0. The highest BCUT2D eigenvalue weighted by molar-refractivity contribution is 5.28. The first-order chi connectivity index (χ1) is 13.9. The van der Waals surface area contributed by atoms with Crippen molar-refractivity contribution < 1.29 is 10.2 Å². The van der Waals surface area contributed by atoms with Crippen LogP contribution in [0.5, 0.6) is 0 Å². The number of hydrogen-bond donors (Lipinski definition) is 2. The number of aliphatic hydroxyl groups is 2. The molecule has 0 aromatic rings. The molecule has 0 saturated heterocycles. The fraction of sp³-hybridized carbons (Fsp3) is 0.929. The molecule has 3 fully saturated rings. The normalized spacial score (nSPS) is 48.5. The Balaban J connectivity index is 1.54. The Kier molecular flexibility index (Phi) is 5.80. The lowest BCUT2D eigenvalue weighted by Gasteiger charge is -2.60. The number of rotatable bonds is 5. The molecule has 0 amide bonds. The third-order valence-corrected chi connectivity index (χ3v) is 10.8. The number of allylic oxidation sites excluding steroid dienone is 1. The summed E-state index contributed by atoms with van der Waals surface area (Å²) in [5.41, 5.74) is 1.43. The van der Waals surface area contributed by atoms with Crippen LogP contribution in [0.4, 0.5) is 0 Å². The summed E-state index contributed by atoms with van der Waals surface area (Å²) in [6.07, 6.45) is 15.5. The minimum absolute atomic E-state index is 0.318. The van der Waals surface area contributed by atoms with Crippen molar-refractivity contribution in [1.82, 2.24) is 0 Å². The Morgan fingerprint density at radius 3 is 2.47 bits per heavy atom. The Labute approximate surface area is 185 Å². The molecule has 0 aromatic heterocycles. The van der Waals surface area contributed by atoms with Crippen LogP contribution in [0.1, 0.15) is 112 Å². The molecule has 4 aliphatic rings. The molecule has 2 nitrogen and oxygen atoms in total. The maximum Gasteiger partial charge on any atom is 0.0682 e. The molecule has 4 aliphatic carbocycles. The Morgan fingerprint density at radius 2 is 1.80 bits per heavy atom. The van der Waals surface area contributed by atoms with Gasteiger partial charge in [-0.1, -0.05) is 45.8 Å². The van der Waals surface area contributed by atoms with E-state index in [2.05, 4.69) is 33.8 Å². The van der Waals surface area contributed by atoms with E-state index in [1.54, 1.807) is 5.57 Å². The molecule has 172 valence electrons. The van der Waals surface area contributed by atoms with E-state index in [-0.39, 0.29) is 0 Å². The van der Waals surface area contributed by atoms with E-state index in [1.807, 2.05) is 13.8 Å². The van der Waals surface area contributed by atoms with Crippen molar-refractivity contribution in [3.63, 3.8) is 0 Å². The quantitative estimate of drug-likeness (QED) is 0.479. The summed E-state index contributed by atoms with van der Waals surface area (Å²) in [7, 11) is 0. The first-order valence-corrected chi connectivity index (χ1v) is 13.1. The van der Waals surface area contributed by atoms with Gasteiger partial charge >= 0.3 is 0 Å². The van der Waals surface area contributed by atoms with E-state index in [1.165, 1.54) is 38.5 Å². The van der Waals surface area contributed by atoms with Crippen LogP contribution in [0.15, 0.2) is 11.6 Å². The van der Waals surface area contributed by atoms with Crippen molar-refractivity contribution in [2.45, 2.75) is 123 Å². The maximum absolute atomic E-state index is 11.0. The molecule has 4 rings (SSSR count). The largest absolute Gasteiger partial charge is 0.390 e. The highest BCUT2D eigenvalue weighted by atomic mass is 16.3. The number of hydrogen-bond acceptors (Lipinski definition) is 2. The van der Waals surface area contributed by atoms with Gasteiger partial charge in [-0.2, -0.15) is 0 Å². The molecule has 0 spiro atoms. The monoisotopic (exact) mass is 416 g/mol. The lowest BCUT2D eigenvalue weighted by Crippen LogP contribution is -2.54. The molecule has 0 radical (unpaired) electrons. The Morgan fingerprint density at radius 1 is 1.07 bits per heavy atom. The molecule has 0 bridgehead atoms. The molecule has 3 saturated carbocycles. The van der Waals surface area contributed by atoms with Crippen LogP contribution < -0.4 is 0 Å². The zero-order valence-corrected chi connectivity index (χ0v) is 20.6. The topological polar surface area (TPSA) is 40.5 Å². The number of fused-ring (bicyclic) bond motifs is 5. The molecular weight excluding hydrogens is 368 g/mol. The van der Waals surface area contributed by atoms with E-state index >= 15 is 0 Å². The summed E-state index contributed by atoms with van der Waals surface area (Å²) in [6.45, 7) is 13.7. The summed E-state index contributed by atoms with van der Waals surface area (Å²) in [5, 5.41) is 21.2. The van der Waals surface area contributed by atoms with Gasteiger partial charge in [0, 0.05) is 0 Å². The van der Waals surface area contributed by atoms with Crippen LogP contribution in [-0.4, -0.2) is 21.4 Å². The van der Waals surface area contributed by atoms with Gasteiger partial charge in [0.1, 0.15) is 0 Å². The van der Waals surface area contributed by atoms with E-state index in [4.69, 9.17) is 0 Å². The summed E-state index contributed by atoms with van der Waals surface area (Å²) in [6, 6.07) is 0. The molecule has 2 heteroatoms. The maximum atomic E-state index is 11.0. The van der Waals surface area contributed by atoms with Gasteiger partial charge in [0.05, 0.1) is 11.2 Å². The van der Waals surface area contributed by atoms with Crippen molar-refractivity contribution in [3.05, 3.63) is 11.6 Å². The summed E-state index contributed by atoms with van der Waals surface area (Å²) >= 11 is 0. The van der Waals surface area contributed by atoms with E-state index in [9.17, 15) is 10.2 Å².